The summed E-state index contributed by atoms with van der Waals surface area (Å²) in [5, 5.41) is 0.830. The number of hydrogen-bond donors (Lipinski definition) is 2. The second-order valence-electron chi connectivity index (χ2n) is 5.27. The molecule has 0 saturated heterocycles. The first-order chi connectivity index (χ1) is 11.5. The number of rotatable bonds is 2. The van der Waals surface area contributed by atoms with Crippen molar-refractivity contribution in [2.24, 2.45) is 5.73 Å². The number of nitrogens with zero attached hydrogens (tertiary/aromatic N) is 2. The van der Waals surface area contributed by atoms with Crippen molar-refractivity contribution in [1.82, 2.24) is 4.37 Å². The highest BCUT2D eigenvalue weighted by Crippen LogP contribution is 2.38. The summed E-state index contributed by atoms with van der Waals surface area (Å²) in [6, 6.07) is 9.74. The predicted octanol–water partition coefficient (Wildman–Crippen LogP) is 1.78. The number of carbonyl (C=O) groups excluding carboxylic acids is 3. The van der Waals surface area contributed by atoms with Gasteiger partial charge in [0.25, 0.3) is 17.7 Å². The Morgan fingerprint density at radius 3 is 2.25 bits per heavy atom. The maximum atomic E-state index is 12.6. The molecule has 4 rings (SSSR count). The monoisotopic (exact) mass is 338 g/mol. The standard InChI is InChI=1S/C16H10N4O3S/c17-10-6-5-9-12(11(10)13(18)21)19-24-16(9)20-14(22)7-3-1-2-4-8(7)15(20)23/h1-6H,17H2,(H2,18,21). The fraction of sp³-hybridized carbons (Fsp3) is 0. The fourth-order valence-electron chi connectivity index (χ4n) is 2.81. The molecule has 0 unspecified atom stereocenters. The van der Waals surface area contributed by atoms with Crippen LogP contribution in [-0.4, -0.2) is 22.1 Å². The van der Waals surface area contributed by atoms with Crippen molar-refractivity contribution < 1.29 is 14.4 Å². The van der Waals surface area contributed by atoms with Crippen LogP contribution in [0.4, 0.5) is 10.7 Å². The van der Waals surface area contributed by atoms with Gasteiger partial charge in [-0.05, 0) is 35.8 Å². The number of primary amides is 1. The average molecular weight is 338 g/mol. The minimum absolute atomic E-state index is 0.0895. The van der Waals surface area contributed by atoms with Gasteiger partial charge in [0.1, 0.15) is 10.5 Å². The van der Waals surface area contributed by atoms with Gasteiger partial charge in [0.15, 0.2) is 0 Å². The summed E-state index contributed by atoms with van der Waals surface area (Å²) in [6.45, 7) is 0. The van der Waals surface area contributed by atoms with Gasteiger partial charge < -0.3 is 11.5 Å². The zero-order valence-electron chi connectivity index (χ0n) is 12.1. The Balaban J connectivity index is 1.94. The van der Waals surface area contributed by atoms with Gasteiger partial charge in [0, 0.05) is 11.1 Å². The Morgan fingerprint density at radius 1 is 1.04 bits per heavy atom. The van der Waals surface area contributed by atoms with Crippen LogP contribution >= 0.6 is 11.5 Å². The summed E-state index contributed by atoms with van der Waals surface area (Å²) in [5.41, 5.74) is 12.4. The van der Waals surface area contributed by atoms with Gasteiger partial charge in [-0.15, -0.1) is 0 Å². The number of nitrogens with two attached hydrogens (primary N) is 2. The summed E-state index contributed by atoms with van der Waals surface area (Å²) in [6.07, 6.45) is 0. The minimum atomic E-state index is -0.711. The average Bonchev–Trinajstić information content (AvgIpc) is 3.07. The first-order valence-electron chi connectivity index (χ1n) is 6.96. The molecule has 0 fully saturated rings. The summed E-state index contributed by atoms with van der Waals surface area (Å²) in [5.74, 6) is -1.55. The second-order valence-corrected chi connectivity index (χ2v) is 6.02. The van der Waals surface area contributed by atoms with Gasteiger partial charge >= 0.3 is 0 Å². The van der Waals surface area contributed by atoms with Crippen LogP contribution in [-0.2, 0) is 0 Å². The van der Waals surface area contributed by atoms with Gasteiger partial charge in [0.05, 0.1) is 16.7 Å². The van der Waals surface area contributed by atoms with Crippen molar-refractivity contribution in [3.05, 3.63) is 53.1 Å². The molecule has 2 heterocycles. The summed E-state index contributed by atoms with van der Waals surface area (Å²) < 4.78 is 4.19. The molecule has 0 bridgehead atoms. The summed E-state index contributed by atoms with van der Waals surface area (Å²) in [4.78, 5) is 37.9. The van der Waals surface area contributed by atoms with E-state index in [-0.39, 0.29) is 11.3 Å². The third kappa shape index (κ3) is 1.77. The highest BCUT2D eigenvalue weighted by Gasteiger charge is 2.38. The number of anilines is 2. The molecule has 0 spiro atoms. The van der Waals surface area contributed by atoms with Gasteiger partial charge in [-0.3, -0.25) is 14.4 Å². The summed E-state index contributed by atoms with van der Waals surface area (Å²) >= 11 is 0.949. The van der Waals surface area contributed by atoms with Crippen molar-refractivity contribution in [2.45, 2.75) is 0 Å². The van der Waals surface area contributed by atoms with Crippen LogP contribution in [0.2, 0.25) is 0 Å². The Hall–Kier alpha value is -3.26. The van der Waals surface area contributed by atoms with Crippen molar-refractivity contribution in [2.75, 3.05) is 10.6 Å². The lowest BCUT2D eigenvalue weighted by atomic mass is 10.1. The first kappa shape index (κ1) is 14.3. The molecule has 2 aromatic carbocycles. The van der Waals surface area contributed by atoms with Gasteiger partial charge in [-0.1, -0.05) is 12.1 Å². The summed E-state index contributed by atoms with van der Waals surface area (Å²) in [7, 11) is 0. The van der Waals surface area contributed by atoms with Crippen molar-refractivity contribution in [3.8, 4) is 0 Å². The lowest BCUT2D eigenvalue weighted by molar-refractivity contribution is 0.0926. The van der Waals surface area contributed by atoms with Crippen LogP contribution in [0.5, 0.6) is 0 Å². The molecule has 3 amide bonds. The van der Waals surface area contributed by atoms with Crippen LogP contribution in [0.25, 0.3) is 10.9 Å². The SMILES string of the molecule is NC(=O)c1c(N)ccc2c(N3C(=O)c4ccccc4C3=O)snc12. The maximum Gasteiger partial charge on any atom is 0.266 e. The van der Waals surface area contributed by atoms with Crippen molar-refractivity contribution in [1.29, 1.82) is 0 Å². The molecule has 8 heteroatoms. The Morgan fingerprint density at radius 2 is 1.67 bits per heavy atom. The number of imide groups is 1. The molecule has 1 aliphatic rings. The third-order valence-corrected chi connectivity index (χ3v) is 4.76. The predicted molar refractivity (Wildman–Crippen MR) is 90.1 cm³/mol. The zero-order valence-corrected chi connectivity index (χ0v) is 13.0. The van der Waals surface area contributed by atoms with E-state index in [1.54, 1.807) is 30.3 Å². The molecule has 7 nitrogen and oxygen atoms in total. The maximum absolute atomic E-state index is 12.6. The fourth-order valence-corrected chi connectivity index (χ4v) is 3.68. The van der Waals surface area contributed by atoms with Crippen LogP contribution in [0.15, 0.2) is 36.4 Å². The highest BCUT2D eigenvalue weighted by atomic mass is 32.1. The van der Waals surface area contributed by atoms with E-state index in [0.717, 1.165) is 16.4 Å². The first-order valence-corrected chi connectivity index (χ1v) is 7.73. The number of carbonyl (C=O) groups is 3. The van der Waals surface area contributed by atoms with E-state index in [2.05, 4.69) is 4.37 Å². The highest BCUT2D eigenvalue weighted by molar-refractivity contribution is 7.12. The molecular weight excluding hydrogens is 328 g/mol. The quantitative estimate of drug-likeness (QED) is 0.545. The zero-order chi connectivity index (χ0) is 17.0. The molecule has 4 N–H and O–H groups in total. The number of hydrogen-bond acceptors (Lipinski definition) is 6. The Kier molecular flexibility index (Phi) is 2.91. The second kappa shape index (κ2) is 4.87. The van der Waals surface area contributed by atoms with Crippen LogP contribution in [0.3, 0.4) is 0 Å². The normalized spacial score (nSPS) is 13.6. The number of benzene rings is 2. The van der Waals surface area contributed by atoms with E-state index >= 15 is 0 Å². The number of amides is 3. The van der Waals surface area contributed by atoms with E-state index in [9.17, 15) is 14.4 Å². The molecule has 0 radical (unpaired) electrons. The van der Waals surface area contributed by atoms with Crippen LogP contribution < -0.4 is 16.4 Å². The Bertz CT molecular complexity index is 1020. The van der Waals surface area contributed by atoms with E-state index in [1.165, 1.54) is 6.07 Å². The Labute approximate surface area is 139 Å². The van der Waals surface area contributed by atoms with Gasteiger partial charge in [-0.25, -0.2) is 4.90 Å². The van der Waals surface area contributed by atoms with Gasteiger partial charge in [-0.2, -0.15) is 4.37 Å². The van der Waals surface area contributed by atoms with Crippen molar-refractivity contribution >= 4 is 50.8 Å². The number of fused-ring (bicyclic) bond motifs is 2. The lowest BCUT2D eigenvalue weighted by Gasteiger charge is -2.11. The smallest absolute Gasteiger partial charge is 0.266 e. The molecule has 1 aromatic heterocycles. The molecule has 0 aliphatic carbocycles. The lowest BCUT2D eigenvalue weighted by Crippen LogP contribution is -2.28. The van der Waals surface area contributed by atoms with E-state index < -0.39 is 17.7 Å². The van der Waals surface area contributed by atoms with Crippen LogP contribution in [0.1, 0.15) is 31.1 Å². The van der Waals surface area contributed by atoms with Gasteiger partial charge in [0.2, 0.25) is 0 Å². The molecule has 1 aliphatic heterocycles. The topological polar surface area (TPSA) is 119 Å². The molecule has 0 saturated carbocycles. The minimum Gasteiger partial charge on any atom is -0.398 e. The molecule has 24 heavy (non-hydrogen) atoms. The van der Waals surface area contributed by atoms with E-state index in [1.807, 2.05) is 0 Å². The number of nitrogen functional groups attached to an aromatic ring is 1. The largest absolute Gasteiger partial charge is 0.398 e. The number of aromatic nitrogens is 1. The van der Waals surface area contributed by atoms with E-state index in [4.69, 9.17) is 11.5 Å². The molecular formula is C16H10N4O3S. The molecule has 0 atom stereocenters. The van der Waals surface area contributed by atoms with E-state index in [0.29, 0.717) is 27.0 Å². The molecule has 3 aromatic rings. The third-order valence-electron chi connectivity index (χ3n) is 3.91. The molecule has 118 valence electrons. The van der Waals surface area contributed by atoms with Crippen molar-refractivity contribution in [3.63, 3.8) is 0 Å². The van der Waals surface area contributed by atoms with Crippen LogP contribution in [0, 0.1) is 0 Å².